The van der Waals surface area contributed by atoms with E-state index in [1.165, 1.54) is 4.90 Å². The normalized spacial score (nSPS) is 11.9. The van der Waals surface area contributed by atoms with Crippen molar-refractivity contribution in [1.82, 2.24) is 9.88 Å². The number of pyridine rings is 1. The number of carbonyl (C=O) groups is 1. The number of halogens is 6. The minimum atomic E-state index is -4.67. The molecule has 1 heterocycles. The van der Waals surface area contributed by atoms with E-state index in [9.17, 15) is 18.0 Å². The van der Waals surface area contributed by atoms with Crippen molar-refractivity contribution < 1.29 is 22.7 Å². The van der Waals surface area contributed by atoms with Crippen LogP contribution >= 0.6 is 34.8 Å². The highest BCUT2D eigenvalue weighted by Crippen LogP contribution is 2.33. The van der Waals surface area contributed by atoms with Gasteiger partial charge in [0.2, 0.25) is 5.88 Å². The van der Waals surface area contributed by atoms with Crippen molar-refractivity contribution in [3.8, 4) is 5.88 Å². The van der Waals surface area contributed by atoms with Crippen molar-refractivity contribution in [2.45, 2.75) is 45.3 Å². The number of hydrogen-bond donors (Lipinski definition) is 0. The Bertz CT molecular complexity index is 1230. The van der Waals surface area contributed by atoms with Crippen LogP contribution in [0.4, 0.5) is 18.0 Å². The van der Waals surface area contributed by atoms with Gasteiger partial charge in [0.15, 0.2) is 0 Å². The van der Waals surface area contributed by atoms with Crippen LogP contribution in [0.2, 0.25) is 15.2 Å². The number of hydrogen-bond acceptors (Lipinski definition) is 3. The fourth-order valence-electron chi connectivity index (χ4n) is 3.37. The van der Waals surface area contributed by atoms with Crippen molar-refractivity contribution in [1.29, 1.82) is 0 Å². The fraction of sp³-hybridized carbons (Fsp3) is 0.308. The van der Waals surface area contributed by atoms with Crippen LogP contribution in [0.15, 0.2) is 54.6 Å². The van der Waals surface area contributed by atoms with E-state index in [1.54, 1.807) is 18.2 Å². The molecule has 0 bridgehead atoms. The van der Waals surface area contributed by atoms with E-state index in [2.05, 4.69) is 25.8 Å². The van der Waals surface area contributed by atoms with E-state index in [0.717, 1.165) is 16.7 Å². The van der Waals surface area contributed by atoms with E-state index in [0.29, 0.717) is 28.6 Å². The Morgan fingerprint density at radius 3 is 2.11 bits per heavy atom. The van der Waals surface area contributed by atoms with Crippen molar-refractivity contribution in [2.75, 3.05) is 6.54 Å². The summed E-state index contributed by atoms with van der Waals surface area (Å²) in [6.07, 6.45) is -5.13. The van der Waals surface area contributed by atoms with Crippen LogP contribution in [0.5, 0.6) is 5.88 Å². The standard InChI is InChI=1S/C26H24Cl3F3N2O2/c1-25(2,3)18-7-4-17(5-8-18)15-34(11-10-16-6-9-20(27)21(28)12-16)24(35)36-23-14-19(26(30,31)32)13-22(29)33-23/h4-9,12-14H,10-11,15H2,1-3H3. The van der Waals surface area contributed by atoms with Gasteiger partial charge in [0.25, 0.3) is 0 Å². The molecule has 1 aromatic heterocycles. The number of nitrogens with zero attached hydrogens (tertiary/aromatic N) is 2. The zero-order chi connectivity index (χ0) is 26.7. The number of rotatable bonds is 6. The van der Waals surface area contributed by atoms with Crippen molar-refractivity contribution >= 4 is 40.9 Å². The monoisotopic (exact) mass is 558 g/mol. The second kappa shape index (κ2) is 11.3. The lowest BCUT2D eigenvalue weighted by Crippen LogP contribution is -2.35. The molecule has 3 rings (SSSR count). The van der Waals surface area contributed by atoms with E-state index in [-0.39, 0.29) is 18.5 Å². The van der Waals surface area contributed by atoms with Crippen LogP contribution in [0.25, 0.3) is 0 Å². The summed E-state index contributed by atoms with van der Waals surface area (Å²) in [5, 5.41) is 0.347. The van der Waals surface area contributed by atoms with E-state index >= 15 is 0 Å². The largest absolute Gasteiger partial charge is 0.416 e. The first-order valence-electron chi connectivity index (χ1n) is 11.0. The highest BCUT2D eigenvalue weighted by Gasteiger charge is 2.32. The van der Waals surface area contributed by atoms with Crippen molar-refractivity contribution in [3.63, 3.8) is 0 Å². The molecule has 0 aliphatic rings. The second-order valence-electron chi connectivity index (χ2n) is 9.25. The number of aromatic nitrogens is 1. The number of ether oxygens (including phenoxy) is 1. The molecule has 0 unspecified atom stereocenters. The Balaban J connectivity index is 1.83. The van der Waals surface area contributed by atoms with Crippen LogP contribution in [0.3, 0.4) is 0 Å². The van der Waals surface area contributed by atoms with Gasteiger partial charge in [-0.15, -0.1) is 0 Å². The quantitative estimate of drug-likeness (QED) is 0.284. The van der Waals surface area contributed by atoms with E-state index in [4.69, 9.17) is 39.5 Å². The summed E-state index contributed by atoms with van der Waals surface area (Å²) in [6, 6.07) is 14.2. The zero-order valence-corrected chi connectivity index (χ0v) is 22.1. The lowest BCUT2D eigenvalue weighted by Gasteiger charge is -2.23. The lowest BCUT2D eigenvalue weighted by atomic mass is 9.87. The Labute approximate surface area is 222 Å². The summed E-state index contributed by atoms with van der Waals surface area (Å²) in [6.45, 7) is 6.64. The average Bonchev–Trinajstić information content (AvgIpc) is 2.77. The first-order chi connectivity index (χ1) is 16.7. The molecule has 3 aromatic rings. The second-order valence-corrected chi connectivity index (χ2v) is 10.5. The lowest BCUT2D eigenvalue weighted by molar-refractivity contribution is -0.137. The summed E-state index contributed by atoms with van der Waals surface area (Å²) >= 11 is 17.8. The molecule has 0 radical (unpaired) electrons. The molecular formula is C26H24Cl3F3N2O2. The van der Waals surface area contributed by atoms with Crippen LogP contribution in [0.1, 0.15) is 43.0 Å². The predicted octanol–water partition coefficient (Wildman–Crippen LogP) is 8.60. The molecule has 0 saturated carbocycles. The molecule has 0 N–H and O–H groups in total. The smallest absolute Gasteiger partial charge is 0.391 e. The molecule has 192 valence electrons. The van der Waals surface area contributed by atoms with Crippen LogP contribution < -0.4 is 4.74 Å². The van der Waals surface area contributed by atoms with Gasteiger partial charge in [0.1, 0.15) is 5.15 Å². The fourth-order valence-corrected chi connectivity index (χ4v) is 3.89. The molecule has 36 heavy (non-hydrogen) atoms. The Morgan fingerprint density at radius 2 is 1.53 bits per heavy atom. The van der Waals surface area contributed by atoms with Gasteiger partial charge in [-0.05, 0) is 46.7 Å². The maximum absolute atomic E-state index is 13.2. The maximum Gasteiger partial charge on any atom is 0.416 e. The summed E-state index contributed by atoms with van der Waals surface area (Å²) in [5.74, 6) is -0.539. The van der Waals surface area contributed by atoms with Crippen molar-refractivity contribution in [2.24, 2.45) is 0 Å². The summed E-state index contributed by atoms with van der Waals surface area (Å²) in [4.78, 5) is 18.1. The van der Waals surface area contributed by atoms with Gasteiger partial charge < -0.3 is 9.64 Å². The minimum absolute atomic E-state index is 0.0422. The zero-order valence-electron chi connectivity index (χ0n) is 19.8. The molecule has 0 atom stereocenters. The first-order valence-corrected chi connectivity index (χ1v) is 12.1. The van der Waals surface area contributed by atoms with E-state index < -0.39 is 28.9 Å². The molecule has 10 heteroatoms. The third-order valence-electron chi connectivity index (χ3n) is 5.40. The molecular weight excluding hydrogens is 536 g/mol. The van der Waals surface area contributed by atoms with E-state index in [1.807, 2.05) is 24.3 Å². The van der Waals surface area contributed by atoms with Gasteiger partial charge in [-0.25, -0.2) is 9.78 Å². The van der Waals surface area contributed by atoms with Crippen molar-refractivity contribution in [3.05, 3.63) is 92.0 Å². The predicted molar refractivity (Wildman–Crippen MR) is 136 cm³/mol. The Morgan fingerprint density at radius 1 is 0.889 bits per heavy atom. The highest BCUT2D eigenvalue weighted by molar-refractivity contribution is 6.42. The maximum atomic E-state index is 13.2. The molecule has 4 nitrogen and oxygen atoms in total. The Kier molecular flexibility index (Phi) is 8.80. The number of carbonyl (C=O) groups excluding carboxylic acids is 1. The summed E-state index contributed by atoms with van der Waals surface area (Å²) < 4.78 is 44.7. The topological polar surface area (TPSA) is 42.4 Å². The van der Waals surface area contributed by atoms with Gasteiger partial charge in [-0.1, -0.05) is 85.9 Å². The number of amides is 1. The highest BCUT2D eigenvalue weighted by atomic mass is 35.5. The van der Waals surface area contributed by atoms with Gasteiger partial charge in [-0.3, -0.25) is 0 Å². The number of alkyl halides is 3. The SMILES string of the molecule is CC(C)(C)c1ccc(CN(CCc2ccc(Cl)c(Cl)c2)C(=O)Oc2cc(C(F)(F)F)cc(Cl)n2)cc1. The van der Waals surface area contributed by atoms with Crippen LogP contribution in [-0.4, -0.2) is 22.5 Å². The Hall–Kier alpha value is -2.48. The van der Waals surface area contributed by atoms with Crippen LogP contribution in [-0.2, 0) is 24.6 Å². The average molecular weight is 560 g/mol. The third kappa shape index (κ3) is 7.76. The molecule has 1 amide bonds. The van der Waals surface area contributed by atoms with Gasteiger partial charge in [0, 0.05) is 19.2 Å². The molecule has 0 saturated heterocycles. The summed E-state index contributed by atoms with van der Waals surface area (Å²) in [5.41, 5.74) is 1.67. The van der Waals surface area contributed by atoms with Gasteiger partial charge in [-0.2, -0.15) is 13.2 Å². The molecule has 0 aliphatic carbocycles. The molecule has 0 fully saturated rings. The molecule has 0 spiro atoms. The van der Waals surface area contributed by atoms with Gasteiger partial charge in [0.05, 0.1) is 15.6 Å². The molecule has 2 aromatic carbocycles. The van der Waals surface area contributed by atoms with Crippen LogP contribution in [0, 0.1) is 0 Å². The third-order valence-corrected chi connectivity index (χ3v) is 6.33. The van der Waals surface area contributed by atoms with Gasteiger partial charge >= 0.3 is 12.3 Å². The molecule has 0 aliphatic heterocycles. The number of benzene rings is 2. The summed E-state index contributed by atoms with van der Waals surface area (Å²) in [7, 11) is 0. The minimum Gasteiger partial charge on any atom is -0.391 e. The first kappa shape index (κ1) is 28.1.